The van der Waals surface area contributed by atoms with Crippen molar-refractivity contribution in [3.05, 3.63) is 35.0 Å². The maximum Gasteiger partial charge on any atom is 0.0459 e. The minimum absolute atomic E-state index is 1.12. The van der Waals surface area contributed by atoms with Gasteiger partial charge in [-0.3, -0.25) is 0 Å². The van der Waals surface area contributed by atoms with Crippen molar-refractivity contribution < 1.29 is 0 Å². The van der Waals surface area contributed by atoms with E-state index in [1.807, 2.05) is 0 Å². The van der Waals surface area contributed by atoms with Gasteiger partial charge in [0.25, 0.3) is 0 Å². The summed E-state index contributed by atoms with van der Waals surface area (Å²) in [4.78, 5) is 3.40. The summed E-state index contributed by atoms with van der Waals surface area (Å²) in [5.74, 6) is 0. The Bertz CT molecular complexity index is 479. The molecule has 0 aliphatic rings. The lowest BCUT2D eigenvalue weighted by Crippen LogP contribution is -1.87. The standard InChI is InChI=1S/C15H21N/c1-4-6-7-13-10-16-15-9-12(5-2)11(3)8-14(13)15/h8-10,16H,4-7H2,1-3H3. The van der Waals surface area contributed by atoms with E-state index in [0.29, 0.717) is 0 Å². The van der Waals surface area contributed by atoms with Crippen LogP contribution in [-0.4, -0.2) is 4.98 Å². The van der Waals surface area contributed by atoms with Crippen molar-refractivity contribution in [1.29, 1.82) is 0 Å². The lowest BCUT2D eigenvalue weighted by Gasteiger charge is -2.04. The predicted molar refractivity (Wildman–Crippen MR) is 71.0 cm³/mol. The Morgan fingerprint density at radius 3 is 2.62 bits per heavy atom. The van der Waals surface area contributed by atoms with E-state index in [4.69, 9.17) is 0 Å². The zero-order chi connectivity index (χ0) is 11.5. The number of hydrogen-bond donors (Lipinski definition) is 1. The molecule has 0 saturated carbocycles. The Labute approximate surface area is 97.9 Å². The molecule has 16 heavy (non-hydrogen) atoms. The number of aromatic nitrogens is 1. The van der Waals surface area contributed by atoms with Crippen LogP contribution in [-0.2, 0) is 12.8 Å². The van der Waals surface area contributed by atoms with Gasteiger partial charge in [0, 0.05) is 17.1 Å². The number of fused-ring (bicyclic) bond motifs is 1. The van der Waals surface area contributed by atoms with Crippen LogP contribution < -0.4 is 0 Å². The summed E-state index contributed by atoms with van der Waals surface area (Å²) in [6.45, 7) is 6.68. The first kappa shape index (κ1) is 11.3. The van der Waals surface area contributed by atoms with Crippen LogP contribution in [0.25, 0.3) is 10.9 Å². The summed E-state index contributed by atoms with van der Waals surface area (Å²) in [6, 6.07) is 4.65. The van der Waals surface area contributed by atoms with Crippen molar-refractivity contribution >= 4 is 10.9 Å². The zero-order valence-corrected chi connectivity index (χ0v) is 10.6. The van der Waals surface area contributed by atoms with Crippen LogP contribution >= 0.6 is 0 Å². The lowest BCUT2D eigenvalue weighted by atomic mass is 10.0. The molecule has 2 aromatic rings. The molecule has 0 fully saturated rings. The molecule has 0 bridgehead atoms. The van der Waals surface area contributed by atoms with Crippen LogP contribution in [0.15, 0.2) is 18.3 Å². The monoisotopic (exact) mass is 215 g/mol. The van der Waals surface area contributed by atoms with E-state index in [1.54, 1.807) is 0 Å². The first-order chi connectivity index (χ1) is 7.76. The van der Waals surface area contributed by atoms with Gasteiger partial charge in [-0.1, -0.05) is 20.3 Å². The summed E-state index contributed by atoms with van der Waals surface area (Å²) in [5.41, 5.74) is 5.65. The molecule has 86 valence electrons. The Balaban J connectivity index is 2.43. The Morgan fingerprint density at radius 1 is 1.12 bits per heavy atom. The first-order valence-electron chi connectivity index (χ1n) is 6.35. The second-order valence-electron chi connectivity index (χ2n) is 4.60. The first-order valence-corrected chi connectivity index (χ1v) is 6.35. The molecular formula is C15H21N. The van der Waals surface area contributed by atoms with Gasteiger partial charge in [0.15, 0.2) is 0 Å². The molecule has 1 heteroatoms. The van der Waals surface area contributed by atoms with Crippen molar-refractivity contribution in [2.45, 2.75) is 46.5 Å². The maximum atomic E-state index is 3.40. The summed E-state index contributed by atoms with van der Waals surface area (Å²) in [6.07, 6.45) is 7.03. The highest BCUT2D eigenvalue weighted by Gasteiger charge is 2.06. The van der Waals surface area contributed by atoms with Gasteiger partial charge in [0.1, 0.15) is 0 Å². The number of aryl methyl sites for hydroxylation is 3. The number of nitrogens with one attached hydrogen (secondary N) is 1. The molecule has 0 spiro atoms. The SMILES string of the molecule is CCCCc1c[nH]c2cc(CC)c(C)cc12. The predicted octanol–water partition coefficient (Wildman–Crippen LogP) is 4.38. The smallest absolute Gasteiger partial charge is 0.0459 e. The number of H-pyrrole nitrogens is 1. The molecule has 2 rings (SSSR count). The fraction of sp³-hybridized carbons (Fsp3) is 0.467. The molecule has 0 atom stereocenters. The second kappa shape index (κ2) is 4.73. The molecular weight excluding hydrogens is 194 g/mol. The Kier molecular flexibility index (Phi) is 3.33. The van der Waals surface area contributed by atoms with E-state index in [1.165, 1.54) is 46.9 Å². The summed E-state index contributed by atoms with van der Waals surface area (Å²) < 4.78 is 0. The highest BCUT2D eigenvalue weighted by atomic mass is 14.7. The molecule has 0 unspecified atom stereocenters. The quantitative estimate of drug-likeness (QED) is 0.779. The Morgan fingerprint density at radius 2 is 1.94 bits per heavy atom. The molecule has 0 amide bonds. The number of hydrogen-bond acceptors (Lipinski definition) is 0. The molecule has 0 radical (unpaired) electrons. The van der Waals surface area contributed by atoms with Gasteiger partial charge in [0.2, 0.25) is 0 Å². The van der Waals surface area contributed by atoms with Gasteiger partial charge in [-0.25, -0.2) is 0 Å². The third-order valence-electron chi connectivity index (χ3n) is 3.40. The number of unbranched alkanes of at least 4 members (excludes halogenated alkanes) is 1. The van der Waals surface area contributed by atoms with Gasteiger partial charge >= 0.3 is 0 Å². The van der Waals surface area contributed by atoms with Crippen molar-refractivity contribution in [1.82, 2.24) is 4.98 Å². The second-order valence-corrected chi connectivity index (χ2v) is 4.60. The van der Waals surface area contributed by atoms with Crippen LogP contribution in [0.1, 0.15) is 43.4 Å². The van der Waals surface area contributed by atoms with Gasteiger partial charge in [0.05, 0.1) is 0 Å². The van der Waals surface area contributed by atoms with E-state index >= 15 is 0 Å². The van der Waals surface area contributed by atoms with E-state index < -0.39 is 0 Å². The molecule has 1 aromatic carbocycles. The highest BCUT2D eigenvalue weighted by molar-refractivity contribution is 5.84. The van der Waals surface area contributed by atoms with Gasteiger partial charge < -0.3 is 4.98 Å². The normalized spacial score (nSPS) is 11.2. The molecule has 1 N–H and O–H groups in total. The van der Waals surface area contributed by atoms with Crippen molar-refractivity contribution in [2.24, 2.45) is 0 Å². The lowest BCUT2D eigenvalue weighted by molar-refractivity contribution is 0.799. The maximum absolute atomic E-state index is 3.40. The number of aromatic amines is 1. The topological polar surface area (TPSA) is 15.8 Å². The van der Waals surface area contributed by atoms with Crippen molar-refractivity contribution in [3.63, 3.8) is 0 Å². The average Bonchev–Trinajstić information content (AvgIpc) is 2.67. The third kappa shape index (κ3) is 1.99. The zero-order valence-electron chi connectivity index (χ0n) is 10.6. The summed E-state index contributed by atoms with van der Waals surface area (Å²) in [7, 11) is 0. The van der Waals surface area contributed by atoms with Crippen LogP contribution in [0.2, 0.25) is 0 Å². The molecule has 1 aromatic heterocycles. The van der Waals surface area contributed by atoms with Gasteiger partial charge in [-0.2, -0.15) is 0 Å². The average molecular weight is 215 g/mol. The van der Waals surface area contributed by atoms with E-state index in [9.17, 15) is 0 Å². The fourth-order valence-corrected chi connectivity index (χ4v) is 2.34. The molecule has 1 nitrogen and oxygen atoms in total. The van der Waals surface area contributed by atoms with Crippen LogP contribution in [0.3, 0.4) is 0 Å². The molecule has 1 heterocycles. The van der Waals surface area contributed by atoms with Crippen LogP contribution in [0.5, 0.6) is 0 Å². The van der Waals surface area contributed by atoms with Gasteiger partial charge in [-0.05, 0) is 55.0 Å². The van der Waals surface area contributed by atoms with E-state index in [0.717, 1.165) is 6.42 Å². The third-order valence-corrected chi connectivity index (χ3v) is 3.40. The molecule has 0 saturated heterocycles. The number of benzene rings is 1. The van der Waals surface area contributed by atoms with Gasteiger partial charge in [-0.15, -0.1) is 0 Å². The van der Waals surface area contributed by atoms with E-state index in [2.05, 4.69) is 44.1 Å². The highest BCUT2D eigenvalue weighted by Crippen LogP contribution is 2.24. The van der Waals surface area contributed by atoms with Crippen LogP contribution in [0.4, 0.5) is 0 Å². The van der Waals surface area contributed by atoms with Crippen molar-refractivity contribution in [2.75, 3.05) is 0 Å². The molecule has 0 aliphatic heterocycles. The number of rotatable bonds is 4. The fourth-order valence-electron chi connectivity index (χ4n) is 2.34. The summed E-state index contributed by atoms with van der Waals surface area (Å²) in [5, 5.41) is 1.42. The largest absolute Gasteiger partial charge is 0.361 e. The minimum atomic E-state index is 1.12. The Hall–Kier alpha value is -1.24. The molecule has 0 aliphatic carbocycles. The van der Waals surface area contributed by atoms with E-state index in [-0.39, 0.29) is 0 Å². The van der Waals surface area contributed by atoms with Crippen molar-refractivity contribution in [3.8, 4) is 0 Å². The summed E-state index contributed by atoms with van der Waals surface area (Å²) >= 11 is 0. The van der Waals surface area contributed by atoms with Crippen LogP contribution in [0, 0.1) is 6.92 Å². The minimum Gasteiger partial charge on any atom is -0.361 e.